The van der Waals surface area contributed by atoms with Gasteiger partial charge in [0, 0.05) is 62.7 Å². The molecule has 1 nitrogen and oxygen atoms in total. The SMILES string of the molecule is c1ccc(-c2ccccc2-c2ccccc2-c2ccccc2N(c2ccc3c(c2)sc2ccccc23)c2ccccc2-c2cccc3c2sc2ccccc23)cc1. The molecule has 0 saturated heterocycles. The fourth-order valence-corrected chi connectivity index (χ4v) is 10.9. The highest BCUT2D eigenvalue weighted by Crippen LogP contribution is 2.50. The maximum absolute atomic E-state index is 2.50. The lowest BCUT2D eigenvalue weighted by molar-refractivity contribution is 1.29. The molecule has 0 spiro atoms. The molecule has 0 amide bonds. The number of benzene rings is 9. The van der Waals surface area contributed by atoms with Crippen molar-refractivity contribution in [3.63, 3.8) is 0 Å². The number of nitrogens with zero attached hydrogens (tertiary/aromatic N) is 1. The fourth-order valence-electron chi connectivity index (χ4n) is 8.55. The second kappa shape index (κ2) is 14.1. The van der Waals surface area contributed by atoms with Crippen LogP contribution in [0.15, 0.2) is 212 Å². The maximum atomic E-state index is 2.50. The van der Waals surface area contributed by atoms with Crippen LogP contribution in [-0.4, -0.2) is 0 Å². The van der Waals surface area contributed by atoms with Crippen molar-refractivity contribution in [1.29, 1.82) is 0 Å². The monoisotopic (exact) mass is 761 g/mol. The Morgan fingerprint density at radius 3 is 1.44 bits per heavy atom. The Balaban J connectivity index is 1.17. The van der Waals surface area contributed by atoms with Gasteiger partial charge < -0.3 is 4.90 Å². The van der Waals surface area contributed by atoms with Gasteiger partial charge in [-0.2, -0.15) is 0 Å². The van der Waals surface area contributed by atoms with Gasteiger partial charge in [-0.25, -0.2) is 0 Å². The van der Waals surface area contributed by atoms with Gasteiger partial charge in [0.15, 0.2) is 0 Å². The van der Waals surface area contributed by atoms with Gasteiger partial charge in [0.25, 0.3) is 0 Å². The predicted molar refractivity (Wildman–Crippen MR) is 249 cm³/mol. The van der Waals surface area contributed by atoms with E-state index in [2.05, 4.69) is 217 Å². The Morgan fingerprint density at radius 1 is 0.281 bits per heavy atom. The summed E-state index contributed by atoms with van der Waals surface area (Å²) in [5.74, 6) is 0. The maximum Gasteiger partial charge on any atom is 0.0540 e. The summed E-state index contributed by atoms with van der Waals surface area (Å²) in [6.07, 6.45) is 0. The first kappa shape index (κ1) is 33.5. The highest BCUT2D eigenvalue weighted by molar-refractivity contribution is 7.26. The highest BCUT2D eigenvalue weighted by atomic mass is 32.1. The number of fused-ring (bicyclic) bond motifs is 6. The lowest BCUT2D eigenvalue weighted by Crippen LogP contribution is -2.12. The predicted octanol–water partition coefficient (Wildman–Crippen LogP) is 16.6. The van der Waals surface area contributed by atoms with Crippen molar-refractivity contribution in [1.82, 2.24) is 0 Å². The molecule has 57 heavy (non-hydrogen) atoms. The van der Waals surface area contributed by atoms with Gasteiger partial charge in [-0.15, -0.1) is 22.7 Å². The van der Waals surface area contributed by atoms with Crippen molar-refractivity contribution in [3.8, 4) is 44.5 Å². The standard InChI is InChI=1S/C54H35NS2/c1-2-17-36(18-3-1)38-19-4-5-20-39(38)40-21-6-7-22-41(40)42-23-8-12-29-49(42)55(37-33-34-46-44-25-10-14-31-51(44)56-53(46)35-37)50-30-13-9-24-43(50)47-27-16-28-48-45-26-11-15-32-52(45)57-54(47)48/h1-35H. The minimum atomic E-state index is 1.12. The van der Waals surface area contributed by atoms with E-state index < -0.39 is 0 Å². The summed E-state index contributed by atoms with van der Waals surface area (Å²) in [5, 5.41) is 5.20. The van der Waals surface area contributed by atoms with Crippen LogP contribution in [0.2, 0.25) is 0 Å². The lowest BCUT2D eigenvalue weighted by atomic mass is 9.88. The van der Waals surface area contributed by atoms with E-state index in [4.69, 9.17) is 0 Å². The smallest absolute Gasteiger partial charge is 0.0540 e. The number of para-hydroxylation sites is 2. The summed E-state index contributed by atoms with van der Waals surface area (Å²) in [5.41, 5.74) is 13.0. The molecule has 268 valence electrons. The molecule has 11 rings (SSSR count). The summed E-state index contributed by atoms with van der Waals surface area (Å²) in [6, 6.07) is 77.7. The zero-order valence-corrected chi connectivity index (χ0v) is 32.6. The van der Waals surface area contributed by atoms with Crippen molar-refractivity contribution in [3.05, 3.63) is 212 Å². The Bertz CT molecular complexity index is 3260. The molecule has 0 aliphatic heterocycles. The Labute approximate surface area is 340 Å². The van der Waals surface area contributed by atoms with Gasteiger partial charge in [-0.3, -0.25) is 0 Å². The molecule has 2 heterocycles. The van der Waals surface area contributed by atoms with E-state index in [0.717, 1.165) is 17.1 Å². The minimum absolute atomic E-state index is 1.12. The third-order valence-corrected chi connectivity index (χ3v) is 13.5. The van der Waals surface area contributed by atoms with E-state index in [1.54, 1.807) is 0 Å². The zero-order valence-electron chi connectivity index (χ0n) is 31.0. The average Bonchev–Trinajstić information content (AvgIpc) is 3.86. The van der Waals surface area contributed by atoms with Crippen LogP contribution in [-0.2, 0) is 0 Å². The van der Waals surface area contributed by atoms with E-state index in [1.807, 2.05) is 22.7 Å². The number of anilines is 3. The molecule has 0 radical (unpaired) electrons. The molecule has 0 fully saturated rings. The molecular formula is C54H35NS2. The van der Waals surface area contributed by atoms with Crippen LogP contribution < -0.4 is 4.90 Å². The third-order valence-electron chi connectivity index (χ3n) is 11.1. The molecule has 0 bridgehead atoms. The van der Waals surface area contributed by atoms with Crippen LogP contribution in [0.4, 0.5) is 17.1 Å². The van der Waals surface area contributed by atoms with Crippen LogP contribution in [0, 0.1) is 0 Å². The van der Waals surface area contributed by atoms with E-state index in [-0.39, 0.29) is 0 Å². The Hall–Kier alpha value is -6.78. The molecule has 0 aliphatic carbocycles. The van der Waals surface area contributed by atoms with Crippen molar-refractivity contribution in [2.24, 2.45) is 0 Å². The summed E-state index contributed by atoms with van der Waals surface area (Å²) < 4.78 is 5.20. The van der Waals surface area contributed by atoms with Gasteiger partial charge in [0.1, 0.15) is 0 Å². The summed E-state index contributed by atoms with van der Waals surface area (Å²) in [7, 11) is 0. The van der Waals surface area contributed by atoms with E-state index in [1.165, 1.54) is 84.9 Å². The first-order valence-corrected chi connectivity index (χ1v) is 21.0. The van der Waals surface area contributed by atoms with E-state index in [0.29, 0.717) is 0 Å². The molecule has 3 heteroatoms. The fraction of sp³-hybridized carbons (Fsp3) is 0. The van der Waals surface area contributed by atoms with Crippen LogP contribution >= 0.6 is 22.7 Å². The lowest BCUT2D eigenvalue weighted by Gasteiger charge is -2.30. The highest BCUT2D eigenvalue weighted by Gasteiger charge is 2.24. The van der Waals surface area contributed by atoms with Crippen LogP contribution in [0.5, 0.6) is 0 Å². The van der Waals surface area contributed by atoms with Gasteiger partial charge in [-0.1, -0.05) is 176 Å². The number of rotatable bonds is 7. The molecule has 0 aliphatic rings. The van der Waals surface area contributed by atoms with Gasteiger partial charge in [0.05, 0.1) is 11.4 Å². The third kappa shape index (κ3) is 5.74. The van der Waals surface area contributed by atoms with Crippen molar-refractivity contribution < 1.29 is 0 Å². The number of hydrogen-bond donors (Lipinski definition) is 0. The summed E-state index contributed by atoms with van der Waals surface area (Å²) in [4.78, 5) is 2.50. The zero-order chi connectivity index (χ0) is 37.7. The Kier molecular flexibility index (Phi) is 8.28. The first-order chi connectivity index (χ1) is 28.3. The van der Waals surface area contributed by atoms with Gasteiger partial charge in [0.2, 0.25) is 0 Å². The van der Waals surface area contributed by atoms with Gasteiger partial charge in [-0.05, 0) is 64.2 Å². The first-order valence-electron chi connectivity index (χ1n) is 19.3. The number of thiophene rings is 2. The second-order valence-electron chi connectivity index (χ2n) is 14.4. The normalized spacial score (nSPS) is 11.5. The molecule has 9 aromatic carbocycles. The van der Waals surface area contributed by atoms with E-state index >= 15 is 0 Å². The van der Waals surface area contributed by atoms with Gasteiger partial charge >= 0.3 is 0 Å². The van der Waals surface area contributed by atoms with Crippen LogP contribution in [0.25, 0.3) is 84.9 Å². The van der Waals surface area contributed by atoms with Crippen LogP contribution in [0.3, 0.4) is 0 Å². The number of hydrogen-bond acceptors (Lipinski definition) is 3. The second-order valence-corrected chi connectivity index (χ2v) is 16.5. The molecule has 11 aromatic rings. The molecule has 2 aromatic heterocycles. The van der Waals surface area contributed by atoms with Crippen LogP contribution in [0.1, 0.15) is 0 Å². The van der Waals surface area contributed by atoms with Crippen molar-refractivity contribution >= 4 is 80.1 Å². The van der Waals surface area contributed by atoms with E-state index in [9.17, 15) is 0 Å². The molecule has 0 atom stereocenters. The quantitative estimate of drug-likeness (QED) is 0.156. The summed E-state index contributed by atoms with van der Waals surface area (Å²) >= 11 is 3.74. The molecule has 0 N–H and O–H groups in total. The molecule has 0 unspecified atom stereocenters. The average molecular weight is 762 g/mol. The molecular weight excluding hydrogens is 727 g/mol. The Morgan fingerprint density at radius 2 is 0.737 bits per heavy atom. The van der Waals surface area contributed by atoms with Crippen molar-refractivity contribution in [2.75, 3.05) is 4.90 Å². The molecule has 0 saturated carbocycles. The minimum Gasteiger partial charge on any atom is -0.309 e. The van der Waals surface area contributed by atoms with Crippen molar-refractivity contribution in [2.45, 2.75) is 0 Å². The topological polar surface area (TPSA) is 3.24 Å². The summed E-state index contributed by atoms with van der Waals surface area (Å²) in [6.45, 7) is 0. The largest absolute Gasteiger partial charge is 0.309 e.